The molecule has 0 unspecified atom stereocenters. The number of nitrogens with zero attached hydrogens (tertiary/aromatic N) is 1. The van der Waals surface area contributed by atoms with Gasteiger partial charge in [-0.15, -0.1) is 11.3 Å². The second-order valence-electron chi connectivity index (χ2n) is 5.42. The third-order valence-corrected chi connectivity index (χ3v) is 3.87. The molecule has 6 heteroatoms. The fourth-order valence-corrected chi connectivity index (χ4v) is 2.75. The second-order valence-corrected chi connectivity index (χ2v) is 6.28. The molecule has 0 aliphatic carbocycles. The Bertz CT molecular complexity index is 680. The number of hydrogen-bond acceptors (Lipinski definition) is 4. The van der Waals surface area contributed by atoms with Crippen LogP contribution in [0.4, 0.5) is 0 Å². The number of amides is 1. The highest BCUT2D eigenvalue weighted by Gasteiger charge is 2.10. The monoisotopic (exact) mass is 318 g/mol. The highest BCUT2D eigenvalue weighted by atomic mass is 32.1. The molecule has 2 aromatic rings. The summed E-state index contributed by atoms with van der Waals surface area (Å²) in [5, 5.41) is 14.0. The topological polar surface area (TPSA) is 79.3 Å². The van der Waals surface area contributed by atoms with Crippen LogP contribution in [0.2, 0.25) is 0 Å². The number of thiazole rings is 1. The van der Waals surface area contributed by atoms with Crippen LogP contribution in [0.15, 0.2) is 29.6 Å². The van der Waals surface area contributed by atoms with E-state index in [1.807, 2.05) is 38.1 Å². The van der Waals surface area contributed by atoms with Crippen molar-refractivity contribution < 1.29 is 14.7 Å². The SMILES string of the molecule is CC(C)CC(=O)NCc1cccc(-c2nc(C(=O)O)cs2)c1. The molecule has 1 heterocycles. The zero-order valence-corrected chi connectivity index (χ0v) is 13.3. The minimum atomic E-state index is -1.03. The first-order chi connectivity index (χ1) is 10.5. The van der Waals surface area contributed by atoms with Crippen LogP contribution in [-0.2, 0) is 11.3 Å². The molecule has 1 aromatic heterocycles. The molecule has 116 valence electrons. The number of carbonyl (C=O) groups excluding carboxylic acids is 1. The molecule has 0 aliphatic heterocycles. The van der Waals surface area contributed by atoms with Crippen molar-refractivity contribution in [2.75, 3.05) is 0 Å². The first-order valence-corrected chi connectivity index (χ1v) is 7.88. The van der Waals surface area contributed by atoms with E-state index in [0.717, 1.165) is 11.1 Å². The fourth-order valence-electron chi connectivity index (χ4n) is 1.96. The Hall–Kier alpha value is -2.21. The summed E-state index contributed by atoms with van der Waals surface area (Å²) >= 11 is 1.29. The third-order valence-electron chi connectivity index (χ3n) is 2.98. The van der Waals surface area contributed by atoms with Crippen molar-refractivity contribution >= 4 is 23.2 Å². The minimum absolute atomic E-state index is 0.0304. The summed E-state index contributed by atoms with van der Waals surface area (Å²) in [5.41, 5.74) is 1.87. The van der Waals surface area contributed by atoms with Crippen LogP contribution in [-0.4, -0.2) is 22.0 Å². The van der Waals surface area contributed by atoms with Gasteiger partial charge < -0.3 is 10.4 Å². The van der Waals surface area contributed by atoms with E-state index in [9.17, 15) is 9.59 Å². The lowest BCUT2D eigenvalue weighted by Crippen LogP contribution is -2.23. The lowest BCUT2D eigenvalue weighted by atomic mass is 10.1. The summed E-state index contributed by atoms with van der Waals surface area (Å²) in [5.74, 6) is -0.668. The van der Waals surface area contributed by atoms with Crippen LogP contribution in [0.3, 0.4) is 0 Å². The number of nitrogens with one attached hydrogen (secondary N) is 1. The standard InChI is InChI=1S/C16H18N2O3S/c1-10(2)6-14(19)17-8-11-4-3-5-12(7-11)15-18-13(9-22-15)16(20)21/h3-5,7,9-10H,6,8H2,1-2H3,(H,17,19)(H,20,21). The molecule has 0 radical (unpaired) electrons. The van der Waals surface area contributed by atoms with Crippen LogP contribution in [0.1, 0.15) is 36.3 Å². The molecule has 0 saturated carbocycles. The van der Waals surface area contributed by atoms with Crippen LogP contribution >= 0.6 is 11.3 Å². The first kappa shape index (κ1) is 16.2. The molecule has 2 rings (SSSR count). The van der Waals surface area contributed by atoms with Crippen molar-refractivity contribution in [3.8, 4) is 10.6 Å². The fraction of sp³-hybridized carbons (Fsp3) is 0.312. The van der Waals surface area contributed by atoms with Crippen molar-refractivity contribution in [1.82, 2.24) is 10.3 Å². The number of carbonyl (C=O) groups is 2. The maximum absolute atomic E-state index is 11.7. The average molecular weight is 318 g/mol. The van der Waals surface area contributed by atoms with Gasteiger partial charge in [-0.05, 0) is 17.5 Å². The Morgan fingerprint density at radius 2 is 2.14 bits per heavy atom. The molecular formula is C16H18N2O3S. The molecule has 0 saturated heterocycles. The number of carboxylic acids is 1. The Balaban J connectivity index is 2.06. The number of aromatic carboxylic acids is 1. The van der Waals surface area contributed by atoms with Gasteiger partial charge in [0.2, 0.25) is 5.91 Å². The van der Waals surface area contributed by atoms with Crippen molar-refractivity contribution in [3.63, 3.8) is 0 Å². The number of aromatic nitrogens is 1. The van der Waals surface area contributed by atoms with Gasteiger partial charge in [-0.3, -0.25) is 4.79 Å². The maximum Gasteiger partial charge on any atom is 0.355 e. The van der Waals surface area contributed by atoms with Gasteiger partial charge >= 0.3 is 5.97 Å². The minimum Gasteiger partial charge on any atom is -0.476 e. The highest BCUT2D eigenvalue weighted by molar-refractivity contribution is 7.13. The van der Waals surface area contributed by atoms with Crippen LogP contribution in [0, 0.1) is 5.92 Å². The summed E-state index contributed by atoms with van der Waals surface area (Å²) in [6.07, 6.45) is 0.508. The summed E-state index contributed by atoms with van der Waals surface area (Å²) in [4.78, 5) is 26.6. The van der Waals surface area contributed by atoms with Gasteiger partial charge in [-0.25, -0.2) is 9.78 Å². The summed E-state index contributed by atoms with van der Waals surface area (Å²) in [6, 6.07) is 7.59. The Labute approximate surface area is 133 Å². The predicted molar refractivity (Wildman–Crippen MR) is 85.8 cm³/mol. The largest absolute Gasteiger partial charge is 0.476 e. The van der Waals surface area contributed by atoms with Gasteiger partial charge in [0.05, 0.1) is 0 Å². The molecule has 0 bridgehead atoms. The van der Waals surface area contributed by atoms with Gasteiger partial charge in [0, 0.05) is 23.9 Å². The smallest absolute Gasteiger partial charge is 0.355 e. The molecule has 5 nitrogen and oxygen atoms in total. The maximum atomic E-state index is 11.7. The van der Waals surface area contributed by atoms with E-state index in [-0.39, 0.29) is 11.6 Å². The van der Waals surface area contributed by atoms with E-state index in [2.05, 4.69) is 10.3 Å². The summed E-state index contributed by atoms with van der Waals surface area (Å²) < 4.78 is 0. The zero-order valence-electron chi connectivity index (χ0n) is 12.5. The van der Waals surface area contributed by atoms with Gasteiger partial charge in [-0.1, -0.05) is 32.0 Å². The molecule has 1 aromatic carbocycles. The Morgan fingerprint density at radius 3 is 2.77 bits per heavy atom. The normalized spacial score (nSPS) is 10.7. The quantitative estimate of drug-likeness (QED) is 0.857. The predicted octanol–water partition coefficient (Wildman–Crippen LogP) is 3.17. The van der Waals surface area contributed by atoms with Crippen molar-refractivity contribution in [2.45, 2.75) is 26.8 Å². The Morgan fingerprint density at radius 1 is 1.36 bits per heavy atom. The third kappa shape index (κ3) is 4.39. The molecule has 0 spiro atoms. The van der Waals surface area contributed by atoms with Gasteiger partial charge in [-0.2, -0.15) is 0 Å². The van der Waals surface area contributed by atoms with E-state index in [1.165, 1.54) is 16.7 Å². The molecule has 1 amide bonds. The zero-order chi connectivity index (χ0) is 16.1. The molecule has 0 fully saturated rings. The summed E-state index contributed by atoms with van der Waals surface area (Å²) in [7, 11) is 0. The molecule has 0 atom stereocenters. The second kappa shape index (κ2) is 7.17. The van der Waals surface area contributed by atoms with Crippen LogP contribution < -0.4 is 5.32 Å². The van der Waals surface area contributed by atoms with Crippen molar-refractivity contribution in [1.29, 1.82) is 0 Å². The van der Waals surface area contributed by atoms with Crippen molar-refractivity contribution in [2.24, 2.45) is 5.92 Å². The van der Waals surface area contributed by atoms with Gasteiger partial charge in [0.1, 0.15) is 5.01 Å². The van der Waals surface area contributed by atoms with Gasteiger partial charge in [0.15, 0.2) is 5.69 Å². The Kier molecular flexibility index (Phi) is 5.27. The highest BCUT2D eigenvalue weighted by Crippen LogP contribution is 2.24. The number of rotatable bonds is 6. The van der Waals surface area contributed by atoms with E-state index >= 15 is 0 Å². The van der Waals surface area contributed by atoms with E-state index < -0.39 is 5.97 Å². The number of benzene rings is 1. The molecule has 22 heavy (non-hydrogen) atoms. The number of hydrogen-bond donors (Lipinski definition) is 2. The van der Waals surface area contributed by atoms with E-state index in [4.69, 9.17) is 5.11 Å². The van der Waals surface area contributed by atoms with E-state index in [0.29, 0.717) is 23.9 Å². The van der Waals surface area contributed by atoms with E-state index in [1.54, 1.807) is 0 Å². The summed E-state index contributed by atoms with van der Waals surface area (Å²) in [6.45, 7) is 4.46. The van der Waals surface area contributed by atoms with Crippen molar-refractivity contribution in [3.05, 3.63) is 40.9 Å². The lowest BCUT2D eigenvalue weighted by Gasteiger charge is -2.08. The lowest BCUT2D eigenvalue weighted by molar-refractivity contribution is -0.121. The van der Waals surface area contributed by atoms with Crippen LogP contribution in [0.25, 0.3) is 10.6 Å². The number of carboxylic acid groups (broad SMARTS) is 1. The molecule has 0 aliphatic rings. The first-order valence-electron chi connectivity index (χ1n) is 7.00. The van der Waals surface area contributed by atoms with Gasteiger partial charge in [0.25, 0.3) is 0 Å². The molecule has 2 N–H and O–H groups in total. The average Bonchev–Trinajstić information content (AvgIpc) is 2.95. The van der Waals surface area contributed by atoms with Crippen LogP contribution in [0.5, 0.6) is 0 Å². The molecular weight excluding hydrogens is 300 g/mol.